The molecule has 0 aliphatic heterocycles. The fourth-order valence-electron chi connectivity index (χ4n) is 2.63. The van der Waals surface area contributed by atoms with Crippen LogP contribution in [0, 0.1) is 0 Å². The summed E-state index contributed by atoms with van der Waals surface area (Å²) in [5.74, 6) is 0.189. The molecule has 0 atom stereocenters. The molecule has 0 saturated carbocycles. The lowest BCUT2D eigenvalue weighted by Gasteiger charge is -2.06. The quantitative estimate of drug-likeness (QED) is 0.774. The van der Waals surface area contributed by atoms with Crippen molar-refractivity contribution in [2.75, 3.05) is 0 Å². The van der Waals surface area contributed by atoms with Crippen molar-refractivity contribution < 1.29 is 4.79 Å². The lowest BCUT2D eigenvalue weighted by atomic mass is 9.98. The van der Waals surface area contributed by atoms with Crippen molar-refractivity contribution in [3.05, 3.63) is 41.2 Å². The van der Waals surface area contributed by atoms with E-state index in [9.17, 15) is 4.79 Å². The molecule has 1 aromatic carbocycles. The first kappa shape index (κ1) is 14.5. The third kappa shape index (κ3) is 2.53. The van der Waals surface area contributed by atoms with E-state index in [4.69, 9.17) is 0 Å². The Hall–Kier alpha value is -1.90. The van der Waals surface area contributed by atoms with Crippen LogP contribution in [0.3, 0.4) is 0 Å². The SMILES string of the molecule is CCC(=O)c1ccc(-c2c(CC)nn(C)c2CC)cc1. The molecule has 0 spiro atoms. The van der Waals surface area contributed by atoms with Gasteiger partial charge in [-0.25, -0.2) is 0 Å². The predicted molar refractivity (Wildman–Crippen MR) is 82.0 cm³/mol. The van der Waals surface area contributed by atoms with Crippen LogP contribution in [0.15, 0.2) is 24.3 Å². The van der Waals surface area contributed by atoms with E-state index in [1.807, 2.05) is 42.9 Å². The van der Waals surface area contributed by atoms with Gasteiger partial charge in [0, 0.05) is 30.3 Å². The summed E-state index contributed by atoms with van der Waals surface area (Å²) >= 11 is 0. The third-order valence-electron chi connectivity index (χ3n) is 3.72. The lowest BCUT2D eigenvalue weighted by molar-refractivity contribution is 0.0988. The molecular weight excluding hydrogens is 248 g/mol. The van der Waals surface area contributed by atoms with Gasteiger partial charge in [0.25, 0.3) is 0 Å². The van der Waals surface area contributed by atoms with Gasteiger partial charge in [-0.3, -0.25) is 9.48 Å². The van der Waals surface area contributed by atoms with E-state index in [2.05, 4.69) is 18.9 Å². The molecule has 0 saturated heterocycles. The Morgan fingerprint density at radius 2 is 1.75 bits per heavy atom. The normalized spacial score (nSPS) is 10.8. The molecule has 1 heterocycles. The molecule has 2 aromatic rings. The second-order valence-corrected chi connectivity index (χ2v) is 4.95. The minimum absolute atomic E-state index is 0.189. The number of Topliss-reactive ketones (excluding diaryl/α,β-unsaturated/α-hetero) is 1. The summed E-state index contributed by atoms with van der Waals surface area (Å²) in [4.78, 5) is 11.7. The maximum absolute atomic E-state index is 11.7. The van der Waals surface area contributed by atoms with Gasteiger partial charge in [-0.15, -0.1) is 0 Å². The van der Waals surface area contributed by atoms with E-state index in [0.29, 0.717) is 6.42 Å². The average Bonchev–Trinajstić information content (AvgIpc) is 2.82. The monoisotopic (exact) mass is 270 g/mol. The fourth-order valence-corrected chi connectivity index (χ4v) is 2.63. The van der Waals surface area contributed by atoms with Crippen molar-refractivity contribution in [1.29, 1.82) is 0 Å². The number of rotatable bonds is 5. The minimum atomic E-state index is 0.189. The topological polar surface area (TPSA) is 34.9 Å². The smallest absolute Gasteiger partial charge is 0.162 e. The van der Waals surface area contributed by atoms with E-state index in [1.54, 1.807) is 0 Å². The minimum Gasteiger partial charge on any atom is -0.294 e. The van der Waals surface area contributed by atoms with Crippen LogP contribution < -0.4 is 0 Å². The number of nitrogens with zero attached hydrogens (tertiary/aromatic N) is 2. The maximum atomic E-state index is 11.7. The van der Waals surface area contributed by atoms with Gasteiger partial charge in [-0.05, 0) is 18.4 Å². The number of hydrogen-bond acceptors (Lipinski definition) is 2. The molecule has 0 fully saturated rings. The zero-order valence-corrected chi connectivity index (χ0v) is 12.7. The molecule has 0 aliphatic carbocycles. The summed E-state index contributed by atoms with van der Waals surface area (Å²) in [6.45, 7) is 6.16. The van der Waals surface area contributed by atoms with Gasteiger partial charge >= 0.3 is 0 Å². The fraction of sp³-hybridized carbons (Fsp3) is 0.412. The Kier molecular flexibility index (Phi) is 4.38. The zero-order valence-electron chi connectivity index (χ0n) is 12.7. The van der Waals surface area contributed by atoms with Crippen LogP contribution in [0.1, 0.15) is 48.9 Å². The number of aryl methyl sites for hydroxylation is 2. The van der Waals surface area contributed by atoms with E-state index in [0.717, 1.165) is 29.7 Å². The summed E-state index contributed by atoms with van der Waals surface area (Å²) in [6.07, 6.45) is 2.42. The Bertz CT molecular complexity index is 609. The van der Waals surface area contributed by atoms with Gasteiger partial charge in [-0.1, -0.05) is 45.0 Å². The van der Waals surface area contributed by atoms with Crippen molar-refractivity contribution in [2.45, 2.75) is 40.0 Å². The number of benzene rings is 1. The van der Waals surface area contributed by atoms with Crippen molar-refractivity contribution in [3.8, 4) is 11.1 Å². The summed E-state index contributed by atoms with van der Waals surface area (Å²) in [5, 5.41) is 4.60. The zero-order chi connectivity index (χ0) is 14.7. The molecule has 0 unspecified atom stereocenters. The highest BCUT2D eigenvalue weighted by atomic mass is 16.1. The Balaban J connectivity index is 2.48. The molecule has 2 rings (SSSR count). The number of hydrogen-bond donors (Lipinski definition) is 0. The summed E-state index contributed by atoms with van der Waals surface area (Å²) in [6, 6.07) is 7.93. The van der Waals surface area contributed by atoms with Gasteiger partial charge in [-0.2, -0.15) is 5.10 Å². The second-order valence-electron chi connectivity index (χ2n) is 4.95. The van der Waals surface area contributed by atoms with Crippen LogP contribution in [0.4, 0.5) is 0 Å². The molecule has 0 radical (unpaired) electrons. The summed E-state index contributed by atoms with van der Waals surface area (Å²) < 4.78 is 1.97. The van der Waals surface area contributed by atoms with Crippen molar-refractivity contribution >= 4 is 5.78 Å². The van der Waals surface area contributed by atoms with E-state index in [-0.39, 0.29) is 5.78 Å². The van der Waals surface area contributed by atoms with Crippen LogP contribution in [-0.4, -0.2) is 15.6 Å². The average molecular weight is 270 g/mol. The predicted octanol–water partition coefficient (Wildman–Crippen LogP) is 3.80. The van der Waals surface area contributed by atoms with Gasteiger partial charge < -0.3 is 0 Å². The molecule has 0 N–H and O–H groups in total. The van der Waals surface area contributed by atoms with Crippen molar-refractivity contribution in [2.24, 2.45) is 7.05 Å². The second kappa shape index (κ2) is 6.04. The largest absolute Gasteiger partial charge is 0.294 e. The molecule has 1 aromatic heterocycles. The molecular formula is C17H22N2O. The first-order valence-electron chi connectivity index (χ1n) is 7.30. The van der Waals surface area contributed by atoms with Crippen molar-refractivity contribution in [3.63, 3.8) is 0 Å². The maximum Gasteiger partial charge on any atom is 0.162 e. The molecule has 106 valence electrons. The lowest BCUT2D eigenvalue weighted by Crippen LogP contribution is -1.98. The summed E-state index contributed by atoms with van der Waals surface area (Å²) in [5.41, 5.74) is 5.54. The highest BCUT2D eigenvalue weighted by molar-refractivity contribution is 5.96. The third-order valence-corrected chi connectivity index (χ3v) is 3.72. The number of carbonyl (C=O) groups is 1. The molecule has 3 heteroatoms. The highest BCUT2D eigenvalue weighted by Crippen LogP contribution is 2.28. The molecule has 20 heavy (non-hydrogen) atoms. The van der Waals surface area contributed by atoms with E-state index >= 15 is 0 Å². The van der Waals surface area contributed by atoms with E-state index < -0.39 is 0 Å². The first-order chi connectivity index (χ1) is 9.62. The first-order valence-corrected chi connectivity index (χ1v) is 7.30. The highest BCUT2D eigenvalue weighted by Gasteiger charge is 2.15. The Morgan fingerprint density at radius 1 is 1.10 bits per heavy atom. The molecule has 0 amide bonds. The number of carbonyl (C=O) groups excluding carboxylic acids is 1. The van der Waals surface area contributed by atoms with Crippen LogP contribution in [0.5, 0.6) is 0 Å². The number of aromatic nitrogens is 2. The van der Waals surface area contributed by atoms with Crippen LogP contribution in [-0.2, 0) is 19.9 Å². The van der Waals surface area contributed by atoms with Gasteiger partial charge in [0.05, 0.1) is 5.69 Å². The van der Waals surface area contributed by atoms with Crippen LogP contribution >= 0.6 is 0 Å². The van der Waals surface area contributed by atoms with Gasteiger partial charge in [0.15, 0.2) is 5.78 Å². The van der Waals surface area contributed by atoms with Crippen molar-refractivity contribution in [1.82, 2.24) is 9.78 Å². The van der Waals surface area contributed by atoms with Gasteiger partial charge in [0.1, 0.15) is 0 Å². The standard InChI is InChI=1S/C17H22N2O/c1-5-14-17(15(6-2)19(4)18-14)13-10-8-12(9-11-13)16(20)7-3/h8-11H,5-7H2,1-4H3. The molecule has 3 nitrogen and oxygen atoms in total. The van der Waals surface area contributed by atoms with E-state index in [1.165, 1.54) is 11.3 Å². The Labute approximate surface area is 120 Å². The molecule has 0 aliphatic rings. The van der Waals surface area contributed by atoms with Crippen LogP contribution in [0.2, 0.25) is 0 Å². The molecule has 0 bridgehead atoms. The van der Waals surface area contributed by atoms with Crippen LogP contribution in [0.25, 0.3) is 11.1 Å². The number of ketones is 1. The summed E-state index contributed by atoms with van der Waals surface area (Å²) in [7, 11) is 2.00. The van der Waals surface area contributed by atoms with Gasteiger partial charge in [0.2, 0.25) is 0 Å². The Morgan fingerprint density at radius 3 is 2.25 bits per heavy atom.